The Morgan fingerprint density at radius 1 is 0.952 bits per heavy atom. The zero-order valence-corrected chi connectivity index (χ0v) is 11.2. The molecule has 1 aliphatic rings. The van der Waals surface area contributed by atoms with E-state index >= 15 is 0 Å². The van der Waals surface area contributed by atoms with Crippen molar-refractivity contribution in [3.05, 3.63) is 65.0 Å². The van der Waals surface area contributed by atoms with Gasteiger partial charge in [0.1, 0.15) is 5.82 Å². The van der Waals surface area contributed by atoms with Gasteiger partial charge in [-0.25, -0.2) is 4.39 Å². The topological polar surface area (TPSA) is 63.4 Å². The summed E-state index contributed by atoms with van der Waals surface area (Å²) in [6.45, 7) is 0.262. The number of nitrogens with two attached hydrogens (primary N) is 1. The van der Waals surface area contributed by atoms with Crippen molar-refractivity contribution in [1.29, 1.82) is 0 Å². The second-order valence-electron chi connectivity index (χ2n) is 4.94. The second-order valence-corrected chi connectivity index (χ2v) is 4.94. The first kappa shape index (κ1) is 13.3. The van der Waals surface area contributed by atoms with Gasteiger partial charge in [0, 0.05) is 12.2 Å². The Kier molecular flexibility index (Phi) is 3.17. The van der Waals surface area contributed by atoms with Crippen molar-refractivity contribution in [1.82, 2.24) is 4.90 Å². The van der Waals surface area contributed by atoms with Crippen LogP contribution in [0.25, 0.3) is 0 Å². The van der Waals surface area contributed by atoms with Gasteiger partial charge in [-0.1, -0.05) is 12.1 Å². The molecule has 0 saturated heterocycles. The number of imide groups is 1. The van der Waals surface area contributed by atoms with E-state index in [9.17, 15) is 14.0 Å². The van der Waals surface area contributed by atoms with E-state index in [2.05, 4.69) is 0 Å². The van der Waals surface area contributed by atoms with Gasteiger partial charge in [0.25, 0.3) is 11.8 Å². The van der Waals surface area contributed by atoms with Crippen molar-refractivity contribution in [3.8, 4) is 0 Å². The summed E-state index contributed by atoms with van der Waals surface area (Å²) in [6.07, 6.45) is 0.487. The quantitative estimate of drug-likeness (QED) is 0.694. The van der Waals surface area contributed by atoms with Crippen molar-refractivity contribution in [3.63, 3.8) is 0 Å². The van der Waals surface area contributed by atoms with Gasteiger partial charge in [-0.15, -0.1) is 0 Å². The normalized spacial score (nSPS) is 13.7. The lowest BCUT2D eigenvalue weighted by molar-refractivity contribution is 0.0656. The Morgan fingerprint density at radius 3 is 2.33 bits per heavy atom. The van der Waals surface area contributed by atoms with Gasteiger partial charge in [0.2, 0.25) is 0 Å². The maximum atomic E-state index is 12.8. The number of nitrogens with zero attached hydrogens (tertiary/aromatic N) is 1. The number of nitrogen functional groups attached to an aromatic ring is 1. The summed E-state index contributed by atoms with van der Waals surface area (Å²) in [5.74, 6) is -0.948. The Morgan fingerprint density at radius 2 is 1.62 bits per heavy atom. The predicted molar refractivity (Wildman–Crippen MR) is 76.3 cm³/mol. The van der Waals surface area contributed by atoms with Crippen molar-refractivity contribution in [2.45, 2.75) is 6.42 Å². The Bertz CT molecular complexity index is 726. The Hall–Kier alpha value is -2.69. The lowest BCUT2D eigenvalue weighted by atomic mass is 10.1. The average Bonchev–Trinajstić information content (AvgIpc) is 2.70. The van der Waals surface area contributed by atoms with E-state index < -0.39 is 0 Å². The fourth-order valence-corrected chi connectivity index (χ4v) is 2.40. The number of rotatable bonds is 3. The van der Waals surface area contributed by atoms with Crippen molar-refractivity contribution in [2.24, 2.45) is 0 Å². The smallest absolute Gasteiger partial charge is 0.261 e. The molecule has 106 valence electrons. The molecule has 4 nitrogen and oxygen atoms in total. The molecule has 0 spiro atoms. The molecule has 3 rings (SSSR count). The largest absolute Gasteiger partial charge is 0.399 e. The summed E-state index contributed by atoms with van der Waals surface area (Å²) in [4.78, 5) is 25.6. The van der Waals surface area contributed by atoms with Gasteiger partial charge in [-0.2, -0.15) is 0 Å². The molecule has 2 amide bonds. The summed E-state index contributed by atoms with van der Waals surface area (Å²) in [7, 11) is 0. The molecular weight excluding hydrogens is 271 g/mol. The molecular formula is C16H13FN2O2. The summed E-state index contributed by atoms with van der Waals surface area (Å²) < 4.78 is 12.8. The molecule has 0 radical (unpaired) electrons. The number of halogens is 1. The van der Waals surface area contributed by atoms with Crippen LogP contribution in [0.5, 0.6) is 0 Å². The van der Waals surface area contributed by atoms with Crippen LogP contribution in [-0.4, -0.2) is 23.3 Å². The number of carbonyl (C=O) groups is 2. The van der Waals surface area contributed by atoms with E-state index in [4.69, 9.17) is 5.73 Å². The first-order valence-electron chi connectivity index (χ1n) is 6.56. The highest BCUT2D eigenvalue weighted by Gasteiger charge is 2.35. The number of hydrogen-bond donors (Lipinski definition) is 1. The van der Waals surface area contributed by atoms with Crippen molar-refractivity contribution < 1.29 is 14.0 Å². The monoisotopic (exact) mass is 284 g/mol. The van der Waals surface area contributed by atoms with Crippen LogP contribution in [0, 0.1) is 5.82 Å². The highest BCUT2D eigenvalue weighted by molar-refractivity contribution is 6.21. The van der Waals surface area contributed by atoms with Crippen LogP contribution in [0.3, 0.4) is 0 Å². The predicted octanol–water partition coefficient (Wildman–Crippen LogP) is 2.25. The molecule has 0 fully saturated rings. The summed E-state index contributed by atoms with van der Waals surface area (Å²) in [6, 6.07) is 10.7. The third-order valence-electron chi connectivity index (χ3n) is 3.53. The summed E-state index contributed by atoms with van der Waals surface area (Å²) in [5, 5.41) is 0. The number of fused-ring (bicyclic) bond motifs is 1. The zero-order valence-electron chi connectivity index (χ0n) is 11.2. The van der Waals surface area contributed by atoms with Crippen molar-refractivity contribution >= 4 is 17.5 Å². The van der Waals surface area contributed by atoms with Crippen LogP contribution in [0.1, 0.15) is 26.3 Å². The zero-order chi connectivity index (χ0) is 15.0. The fraction of sp³-hybridized carbons (Fsp3) is 0.125. The molecule has 21 heavy (non-hydrogen) atoms. The summed E-state index contributed by atoms with van der Waals surface area (Å²) >= 11 is 0. The van der Waals surface area contributed by atoms with Gasteiger partial charge in [-0.05, 0) is 42.3 Å². The fourth-order valence-electron chi connectivity index (χ4n) is 2.40. The molecule has 1 heterocycles. The Labute approximate surface area is 121 Å². The number of benzene rings is 2. The minimum atomic E-state index is -0.329. The highest BCUT2D eigenvalue weighted by atomic mass is 19.1. The third-order valence-corrected chi connectivity index (χ3v) is 3.53. The van der Waals surface area contributed by atoms with Crippen LogP contribution in [0.4, 0.5) is 10.1 Å². The summed E-state index contributed by atoms with van der Waals surface area (Å²) in [5.41, 5.74) is 7.70. The van der Waals surface area contributed by atoms with Gasteiger partial charge in [-0.3, -0.25) is 14.5 Å². The van der Waals surface area contributed by atoms with Gasteiger partial charge in [0.15, 0.2) is 0 Å². The van der Waals surface area contributed by atoms with E-state index in [1.807, 2.05) is 0 Å². The first-order valence-corrected chi connectivity index (χ1v) is 6.56. The molecule has 5 heteroatoms. The molecule has 0 aromatic heterocycles. The van der Waals surface area contributed by atoms with Crippen LogP contribution in [0.15, 0.2) is 42.5 Å². The Balaban J connectivity index is 1.77. The number of amides is 2. The van der Waals surface area contributed by atoms with E-state index in [1.165, 1.54) is 23.1 Å². The van der Waals surface area contributed by atoms with Gasteiger partial charge in [0.05, 0.1) is 11.1 Å². The molecule has 2 N–H and O–H groups in total. The minimum absolute atomic E-state index is 0.262. The SMILES string of the molecule is Nc1ccc2c(c1)C(=O)N(CCc1ccc(F)cc1)C2=O. The van der Waals surface area contributed by atoms with Crippen LogP contribution >= 0.6 is 0 Å². The molecule has 0 bridgehead atoms. The average molecular weight is 284 g/mol. The van der Waals surface area contributed by atoms with Crippen LogP contribution < -0.4 is 5.73 Å². The number of anilines is 1. The van der Waals surface area contributed by atoms with E-state index in [0.717, 1.165) is 5.56 Å². The highest BCUT2D eigenvalue weighted by Crippen LogP contribution is 2.25. The lowest BCUT2D eigenvalue weighted by Gasteiger charge is -2.13. The second kappa shape index (κ2) is 5.01. The molecule has 0 unspecified atom stereocenters. The number of carbonyl (C=O) groups excluding carboxylic acids is 2. The number of hydrogen-bond acceptors (Lipinski definition) is 3. The molecule has 1 aliphatic heterocycles. The maximum absolute atomic E-state index is 12.8. The van der Waals surface area contributed by atoms with Crippen LogP contribution in [-0.2, 0) is 6.42 Å². The first-order chi connectivity index (χ1) is 10.1. The molecule has 0 atom stereocenters. The third kappa shape index (κ3) is 2.38. The van der Waals surface area contributed by atoms with Gasteiger partial charge >= 0.3 is 0 Å². The minimum Gasteiger partial charge on any atom is -0.399 e. The standard InChI is InChI=1S/C16H13FN2O2/c17-11-3-1-10(2-4-11)7-8-19-15(20)13-6-5-12(18)9-14(13)16(19)21/h1-6,9H,7-8,18H2. The van der Waals surface area contributed by atoms with E-state index in [0.29, 0.717) is 23.2 Å². The molecule has 0 saturated carbocycles. The van der Waals surface area contributed by atoms with E-state index in [1.54, 1.807) is 24.3 Å². The molecule has 2 aromatic rings. The molecule has 2 aromatic carbocycles. The van der Waals surface area contributed by atoms with Gasteiger partial charge < -0.3 is 5.73 Å². The van der Waals surface area contributed by atoms with Crippen molar-refractivity contribution in [2.75, 3.05) is 12.3 Å². The van der Waals surface area contributed by atoms with E-state index in [-0.39, 0.29) is 24.2 Å². The lowest BCUT2D eigenvalue weighted by Crippen LogP contribution is -2.31. The molecule has 0 aliphatic carbocycles. The maximum Gasteiger partial charge on any atom is 0.261 e. The van der Waals surface area contributed by atoms with Crippen LogP contribution in [0.2, 0.25) is 0 Å².